The van der Waals surface area contributed by atoms with Crippen LogP contribution < -0.4 is 33.6 Å². The molecule has 0 aliphatic rings. The molecule has 292 valence electrons. The first-order valence-corrected chi connectivity index (χ1v) is 18.1. The number of nitrogens with one attached hydrogen (secondary N) is 3. The Hall–Kier alpha value is -5.27. The molecule has 0 aromatic carbocycles. The number of aromatic amines is 2. The van der Waals surface area contributed by atoms with Crippen LogP contribution in [0.25, 0.3) is 0 Å². The van der Waals surface area contributed by atoms with E-state index in [0.717, 1.165) is 27.9 Å². The quantitative estimate of drug-likeness (QED) is 0.0866. The van der Waals surface area contributed by atoms with Crippen LogP contribution in [0.3, 0.4) is 0 Å². The predicted molar refractivity (Wildman–Crippen MR) is 210 cm³/mol. The predicted octanol–water partition coefficient (Wildman–Crippen LogP) is 5.44. The molecule has 4 heterocycles. The van der Waals surface area contributed by atoms with E-state index >= 15 is 0 Å². The molecule has 7 N–H and O–H groups in total. The van der Waals surface area contributed by atoms with Gasteiger partial charge < -0.3 is 26.5 Å². The zero-order valence-electron chi connectivity index (χ0n) is 33.0. The van der Waals surface area contributed by atoms with E-state index in [1.807, 2.05) is 24.2 Å². The van der Waals surface area contributed by atoms with Gasteiger partial charge in [0.15, 0.2) is 0 Å². The average molecular weight is 747 g/mol. The average Bonchev–Trinajstić information content (AvgIpc) is 3.06. The molecule has 0 amide bonds. The van der Waals surface area contributed by atoms with Crippen LogP contribution in [0.15, 0.2) is 56.8 Å². The first-order chi connectivity index (χ1) is 25.0. The lowest BCUT2D eigenvalue weighted by molar-refractivity contribution is 0.0460. The number of hydrogen-bond acceptors (Lipinski definition) is 10. The number of hydrogen-bond donors (Lipinski definition) is 5. The second-order valence-electron chi connectivity index (χ2n) is 17.0. The van der Waals surface area contributed by atoms with Gasteiger partial charge in [-0.25, -0.2) is 19.6 Å². The van der Waals surface area contributed by atoms with Crippen LogP contribution in [-0.2, 0) is 36.1 Å². The van der Waals surface area contributed by atoms with Crippen molar-refractivity contribution < 1.29 is 13.9 Å². The number of rotatable bonds is 13. The van der Waals surface area contributed by atoms with Gasteiger partial charge in [0.2, 0.25) is 5.95 Å². The fraction of sp³-hybridized carbons (Fsp3) is 0.500. The molecule has 0 bridgehead atoms. The van der Waals surface area contributed by atoms with Crippen molar-refractivity contribution in [3.05, 3.63) is 108 Å². The third kappa shape index (κ3) is 9.83. The highest BCUT2D eigenvalue weighted by Crippen LogP contribution is 2.46. The summed E-state index contributed by atoms with van der Waals surface area (Å²) in [4.78, 5) is 63.2. The van der Waals surface area contributed by atoms with Gasteiger partial charge in [-0.2, -0.15) is 4.39 Å². The summed E-state index contributed by atoms with van der Waals surface area (Å²) < 4.78 is 20.6. The van der Waals surface area contributed by atoms with Gasteiger partial charge in [-0.05, 0) is 70.8 Å². The Labute approximate surface area is 315 Å². The van der Waals surface area contributed by atoms with Gasteiger partial charge in [-0.15, -0.1) is 0 Å². The second-order valence-corrected chi connectivity index (χ2v) is 17.0. The molecule has 4 aromatic heterocycles. The van der Waals surface area contributed by atoms with E-state index in [1.54, 1.807) is 19.9 Å². The number of anilines is 3. The van der Waals surface area contributed by atoms with Gasteiger partial charge in [0, 0.05) is 24.6 Å². The van der Waals surface area contributed by atoms with Gasteiger partial charge in [0.25, 0.3) is 11.1 Å². The highest BCUT2D eigenvalue weighted by molar-refractivity contribution is 5.87. The van der Waals surface area contributed by atoms with E-state index in [1.165, 1.54) is 12.1 Å². The summed E-state index contributed by atoms with van der Waals surface area (Å²) >= 11 is 0. The van der Waals surface area contributed by atoms with Crippen molar-refractivity contribution >= 4 is 23.4 Å². The van der Waals surface area contributed by atoms with Gasteiger partial charge in [0.05, 0.1) is 11.8 Å². The van der Waals surface area contributed by atoms with Crippen LogP contribution in [0.2, 0.25) is 0 Å². The summed E-state index contributed by atoms with van der Waals surface area (Å²) in [5.74, 6) is 0.614. The van der Waals surface area contributed by atoms with Crippen molar-refractivity contribution in [3.8, 4) is 0 Å². The molecule has 3 atom stereocenters. The van der Waals surface area contributed by atoms with Crippen LogP contribution in [0, 0.1) is 34.5 Å². The Morgan fingerprint density at radius 3 is 2.06 bits per heavy atom. The molecule has 13 nitrogen and oxygen atoms in total. The first-order valence-electron chi connectivity index (χ1n) is 18.1. The number of H-pyrrole nitrogens is 2. The highest BCUT2D eigenvalue weighted by atomic mass is 19.1. The lowest BCUT2D eigenvalue weighted by Gasteiger charge is -2.44. The van der Waals surface area contributed by atoms with Crippen molar-refractivity contribution in [2.75, 3.05) is 23.8 Å². The summed E-state index contributed by atoms with van der Waals surface area (Å²) in [5.41, 5.74) is 11.6. The zero-order valence-corrected chi connectivity index (χ0v) is 33.0. The molecule has 14 heteroatoms. The van der Waals surface area contributed by atoms with Crippen LogP contribution >= 0.6 is 0 Å². The van der Waals surface area contributed by atoms with E-state index < -0.39 is 34.1 Å². The second kappa shape index (κ2) is 16.0. The first kappa shape index (κ1) is 41.5. The minimum atomic E-state index is -1.05. The molecule has 0 spiro atoms. The lowest BCUT2D eigenvalue weighted by Crippen LogP contribution is -2.39. The third-order valence-corrected chi connectivity index (χ3v) is 10.4. The summed E-state index contributed by atoms with van der Waals surface area (Å²) in [6, 6.07) is 11.1. The SMILES string of the molecule is CNc1nc(N)ccc1CC(C(C)C(Cc1ccc(COC(=O)c2ccc(C(C)(C)Cn3c(F)cc(=O)[nH]c3=O)c(=O)[nH]2)nc1N)C(C)(C)C)C(C)(C)C. The Morgan fingerprint density at radius 2 is 1.50 bits per heavy atom. The molecule has 4 rings (SSSR count). The summed E-state index contributed by atoms with van der Waals surface area (Å²) in [6.07, 6.45) is 1.52. The van der Waals surface area contributed by atoms with Gasteiger partial charge in [0.1, 0.15) is 29.8 Å². The molecule has 54 heavy (non-hydrogen) atoms. The Bertz CT molecular complexity index is 2160. The van der Waals surface area contributed by atoms with E-state index in [2.05, 4.69) is 74.8 Å². The normalized spacial score (nSPS) is 14.0. The number of carbonyl (C=O) groups excluding carboxylic acids is 1. The number of esters is 1. The molecule has 0 saturated carbocycles. The topological polar surface area (TPSA) is 204 Å². The number of pyridine rings is 3. The Balaban J connectivity index is 1.47. The van der Waals surface area contributed by atoms with Crippen LogP contribution in [0.5, 0.6) is 0 Å². The highest BCUT2D eigenvalue weighted by Gasteiger charge is 2.39. The number of nitrogens with zero attached hydrogens (tertiary/aromatic N) is 3. The fourth-order valence-electron chi connectivity index (χ4n) is 7.46. The van der Waals surface area contributed by atoms with Crippen molar-refractivity contribution in [1.82, 2.24) is 24.5 Å². The summed E-state index contributed by atoms with van der Waals surface area (Å²) in [5, 5.41) is 3.20. The van der Waals surface area contributed by atoms with Crippen LogP contribution in [0.4, 0.5) is 21.8 Å². The van der Waals surface area contributed by atoms with Crippen molar-refractivity contribution in [2.24, 2.45) is 28.6 Å². The van der Waals surface area contributed by atoms with Crippen LogP contribution in [-0.4, -0.2) is 37.5 Å². The smallest absolute Gasteiger partial charge is 0.355 e. The molecule has 3 unspecified atom stereocenters. The lowest BCUT2D eigenvalue weighted by atomic mass is 9.60. The van der Waals surface area contributed by atoms with E-state index in [4.69, 9.17) is 16.2 Å². The number of halogens is 1. The summed E-state index contributed by atoms with van der Waals surface area (Å²) in [6.45, 7) is 18.7. The number of nitrogens with two attached hydrogens (primary N) is 2. The largest absolute Gasteiger partial charge is 0.455 e. The molecule has 0 fully saturated rings. The van der Waals surface area contributed by atoms with Gasteiger partial charge in [-0.1, -0.05) is 80.5 Å². The maximum Gasteiger partial charge on any atom is 0.355 e. The maximum atomic E-state index is 14.4. The molecular formula is C40H55FN8O5. The number of aromatic nitrogens is 5. The monoisotopic (exact) mass is 746 g/mol. The standard InChI is InChI=1S/C40H55FN8O5/c1-22(28(39(5,6)7)18-24-12-16-31(42)47-34(24)44-10)27(38(2,3)4)17-23-11-13-25(45-33(23)43)20-54-36(52)29-15-14-26(35(51)46-29)40(8,9)21-49-30(41)19-32(50)48-37(49)53/h11-16,19,22,27-28H,17-18,20-21H2,1-10H3,(H2,43,45)(H,46,51)(H3,42,44,47)(H,48,50,53). The molecule has 0 saturated heterocycles. The Morgan fingerprint density at radius 1 is 0.889 bits per heavy atom. The number of ether oxygens (including phenoxy) is 1. The summed E-state index contributed by atoms with van der Waals surface area (Å²) in [7, 11) is 1.86. The van der Waals surface area contributed by atoms with Crippen molar-refractivity contribution in [3.63, 3.8) is 0 Å². The van der Waals surface area contributed by atoms with E-state index in [9.17, 15) is 23.6 Å². The van der Waals surface area contributed by atoms with E-state index in [0.29, 0.717) is 35.7 Å². The molecule has 4 aromatic rings. The minimum absolute atomic E-state index is 0.0153. The molecule has 0 radical (unpaired) electrons. The fourth-order valence-corrected chi connectivity index (χ4v) is 7.46. The molecule has 0 aliphatic heterocycles. The molecular weight excluding hydrogens is 691 g/mol. The van der Waals surface area contributed by atoms with Crippen LogP contribution in [0.1, 0.15) is 95.2 Å². The molecule has 0 aliphatic carbocycles. The minimum Gasteiger partial charge on any atom is -0.455 e. The van der Waals surface area contributed by atoms with Crippen molar-refractivity contribution in [1.29, 1.82) is 0 Å². The number of nitrogen functional groups attached to an aromatic ring is 2. The third-order valence-electron chi connectivity index (χ3n) is 10.4. The number of carbonyl (C=O) groups is 1. The van der Waals surface area contributed by atoms with Gasteiger partial charge >= 0.3 is 11.7 Å². The van der Waals surface area contributed by atoms with E-state index in [-0.39, 0.29) is 47.1 Å². The zero-order chi connectivity index (χ0) is 40.3. The Kier molecular flexibility index (Phi) is 12.3. The van der Waals surface area contributed by atoms with Gasteiger partial charge in [-0.3, -0.25) is 19.1 Å². The van der Waals surface area contributed by atoms with Crippen molar-refractivity contribution in [2.45, 2.75) is 93.7 Å². The maximum absolute atomic E-state index is 14.4.